The number of aliphatic hydroxyl groups is 1. The summed E-state index contributed by atoms with van der Waals surface area (Å²) in [5.74, 6) is 1.29. The standard InChI is InChI=1S/C15H20N2O2S/c1-4-12(11-8-6-5-7-9-11)13-16-17-14(19-13)20-10-15(2,3)18/h5-9,12,18H,4,10H2,1-3H3. The van der Waals surface area contributed by atoms with E-state index in [1.165, 1.54) is 17.3 Å². The maximum absolute atomic E-state index is 9.71. The molecule has 0 saturated carbocycles. The van der Waals surface area contributed by atoms with Crippen molar-refractivity contribution in [3.8, 4) is 0 Å². The van der Waals surface area contributed by atoms with Gasteiger partial charge in [-0.1, -0.05) is 49.0 Å². The van der Waals surface area contributed by atoms with Crippen LogP contribution < -0.4 is 0 Å². The van der Waals surface area contributed by atoms with Crippen molar-refractivity contribution >= 4 is 11.8 Å². The molecule has 0 bridgehead atoms. The molecule has 1 N–H and O–H groups in total. The molecular weight excluding hydrogens is 272 g/mol. The van der Waals surface area contributed by atoms with Crippen LogP contribution in [-0.4, -0.2) is 26.7 Å². The lowest BCUT2D eigenvalue weighted by Crippen LogP contribution is -2.21. The van der Waals surface area contributed by atoms with Gasteiger partial charge in [-0.3, -0.25) is 0 Å². The summed E-state index contributed by atoms with van der Waals surface area (Å²) < 4.78 is 5.72. The molecule has 5 heteroatoms. The van der Waals surface area contributed by atoms with Crippen molar-refractivity contribution in [1.29, 1.82) is 0 Å². The third kappa shape index (κ3) is 4.08. The van der Waals surface area contributed by atoms with E-state index in [1.807, 2.05) is 18.2 Å². The van der Waals surface area contributed by atoms with E-state index in [1.54, 1.807) is 13.8 Å². The lowest BCUT2D eigenvalue weighted by atomic mass is 9.97. The third-order valence-electron chi connectivity index (χ3n) is 2.88. The van der Waals surface area contributed by atoms with Crippen molar-refractivity contribution in [2.24, 2.45) is 0 Å². The van der Waals surface area contributed by atoms with Gasteiger partial charge in [-0.25, -0.2) is 0 Å². The van der Waals surface area contributed by atoms with Crippen LogP contribution >= 0.6 is 11.8 Å². The molecule has 20 heavy (non-hydrogen) atoms. The molecule has 0 fully saturated rings. The van der Waals surface area contributed by atoms with Crippen LogP contribution in [0.3, 0.4) is 0 Å². The van der Waals surface area contributed by atoms with Crippen molar-refractivity contribution in [2.45, 2.75) is 43.9 Å². The molecule has 0 amide bonds. The Hall–Kier alpha value is -1.33. The van der Waals surface area contributed by atoms with Gasteiger partial charge in [0.15, 0.2) is 0 Å². The molecule has 2 aromatic rings. The fraction of sp³-hybridized carbons (Fsp3) is 0.467. The van der Waals surface area contributed by atoms with E-state index in [2.05, 4.69) is 29.3 Å². The highest BCUT2D eigenvalue weighted by Gasteiger charge is 2.20. The lowest BCUT2D eigenvalue weighted by molar-refractivity contribution is 0.106. The zero-order valence-electron chi connectivity index (χ0n) is 12.0. The molecule has 1 aromatic carbocycles. The van der Waals surface area contributed by atoms with Gasteiger partial charge < -0.3 is 9.52 Å². The summed E-state index contributed by atoms with van der Waals surface area (Å²) in [5, 5.41) is 18.4. The van der Waals surface area contributed by atoms with E-state index >= 15 is 0 Å². The SMILES string of the molecule is CCC(c1ccccc1)c1nnc(SCC(C)(C)O)o1. The average Bonchev–Trinajstić information content (AvgIpc) is 2.87. The van der Waals surface area contributed by atoms with Crippen molar-refractivity contribution in [3.63, 3.8) is 0 Å². The summed E-state index contributed by atoms with van der Waals surface area (Å²) in [6.45, 7) is 5.62. The lowest BCUT2D eigenvalue weighted by Gasteiger charge is -2.14. The van der Waals surface area contributed by atoms with Gasteiger partial charge in [0.1, 0.15) is 0 Å². The number of thioether (sulfide) groups is 1. The fourth-order valence-corrected chi connectivity index (χ4v) is 2.62. The second-order valence-electron chi connectivity index (χ2n) is 5.38. The fourth-order valence-electron chi connectivity index (χ4n) is 1.90. The van der Waals surface area contributed by atoms with E-state index in [0.717, 1.165) is 6.42 Å². The summed E-state index contributed by atoms with van der Waals surface area (Å²) in [5.41, 5.74) is 0.431. The molecule has 0 radical (unpaired) electrons. The van der Waals surface area contributed by atoms with E-state index < -0.39 is 5.60 Å². The number of benzene rings is 1. The van der Waals surface area contributed by atoms with Crippen molar-refractivity contribution in [1.82, 2.24) is 10.2 Å². The molecule has 0 aliphatic heterocycles. The maximum Gasteiger partial charge on any atom is 0.276 e. The Balaban J connectivity index is 2.11. The van der Waals surface area contributed by atoms with Gasteiger partial charge in [0.2, 0.25) is 5.89 Å². The van der Waals surface area contributed by atoms with E-state index in [0.29, 0.717) is 16.9 Å². The summed E-state index contributed by atoms with van der Waals surface area (Å²) in [6.07, 6.45) is 0.905. The minimum atomic E-state index is -0.747. The van der Waals surface area contributed by atoms with Crippen LogP contribution in [0.2, 0.25) is 0 Å². The van der Waals surface area contributed by atoms with Gasteiger partial charge in [0.25, 0.3) is 5.22 Å². The summed E-state index contributed by atoms with van der Waals surface area (Å²) in [7, 11) is 0. The Morgan fingerprint density at radius 2 is 1.95 bits per heavy atom. The Bertz CT molecular complexity index is 534. The second-order valence-corrected chi connectivity index (χ2v) is 6.31. The minimum Gasteiger partial charge on any atom is -0.415 e. The highest BCUT2D eigenvalue weighted by molar-refractivity contribution is 7.99. The monoisotopic (exact) mass is 292 g/mol. The zero-order valence-corrected chi connectivity index (χ0v) is 12.9. The topological polar surface area (TPSA) is 59.2 Å². The maximum atomic E-state index is 9.71. The van der Waals surface area contributed by atoms with Crippen molar-refractivity contribution < 1.29 is 9.52 Å². The predicted octanol–water partition coefficient (Wildman–Crippen LogP) is 3.47. The molecule has 0 spiro atoms. The van der Waals surface area contributed by atoms with Crippen LogP contribution in [0.1, 0.15) is 44.6 Å². The van der Waals surface area contributed by atoms with Crippen LogP contribution in [0.5, 0.6) is 0 Å². The number of hydrogen-bond acceptors (Lipinski definition) is 5. The quantitative estimate of drug-likeness (QED) is 0.826. The molecule has 1 heterocycles. The van der Waals surface area contributed by atoms with E-state index in [9.17, 15) is 5.11 Å². The first kappa shape index (κ1) is 15.1. The molecule has 108 valence electrons. The third-order valence-corrected chi connectivity index (χ3v) is 4.14. The predicted molar refractivity (Wildman–Crippen MR) is 79.9 cm³/mol. The first-order valence-corrected chi connectivity index (χ1v) is 7.71. The number of hydrogen-bond donors (Lipinski definition) is 1. The first-order chi connectivity index (χ1) is 9.49. The highest BCUT2D eigenvalue weighted by Crippen LogP contribution is 2.29. The molecule has 1 aromatic heterocycles. The molecule has 1 unspecified atom stereocenters. The molecule has 1 atom stereocenters. The highest BCUT2D eigenvalue weighted by atomic mass is 32.2. The summed E-state index contributed by atoms with van der Waals surface area (Å²) in [6, 6.07) is 10.2. The number of aromatic nitrogens is 2. The van der Waals surface area contributed by atoms with Crippen LogP contribution in [0, 0.1) is 0 Å². The van der Waals surface area contributed by atoms with Crippen LogP contribution in [0.4, 0.5) is 0 Å². The number of rotatable bonds is 6. The summed E-state index contributed by atoms with van der Waals surface area (Å²) >= 11 is 1.38. The van der Waals surface area contributed by atoms with Crippen LogP contribution in [0.15, 0.2) is 40.0 Å². The van der Waals surface area contributed by atoms with E-state index in [-0.39, 0.29) is 5.92 Å². The second kappa shape index (κ2) is 6.41. The molecule has 0 saturated heterocycles. The Labute approximate surface area is 123 Å². The Morgan fingerprint density at radius 1 is 1.25 bits per heavy atom. The smallest absolute Gasteiger partial charge is 0.276 e. The minimum absolute atomic E-state index is 0.125. The molecule has 0 aliphatic rings. The van der Waals surface area contributed by atoms with Crippen molar-refractivity contribution in [3.05, 3.63) is 41.8 Å². The van der Waals surface area contributed by atoms with Gasteiger partial charge in [-0.15, -0.1) is 10.2 Å². The van der Waals surface area contributed by atoms with Crippen LogP contribution in [0.25, 0.3) is 0 Å². The average molecular weight is 292 g/mol. The molecule has 2 rings (SSSR count). The largest absolute Gasteiger partial charge is 0.415 e. The Morgan fingerprint density at radius 3 is 2.55 bits per heavy atom. The first-order valence-electron chi connectivity index (χ1n) is 6.73. The van der Waals surface area contributed by atoms with Gasteiger partial charge in [0, 0.05) is 5.75 Å². The normalized spacial score (nSPS) is 13.4. The zero-order chi connectivity index (χ0) is 14.6. The summed E-state index contributed by atoms with van der Waals surface area (Å²) in [4.78, 5) is 0. The molecular formula is C15H20N2O2S. The van der Waals surface area contributed by atoms with Gasteiger partial charge in [-0.2, -0.15) is 0 Å². The van der Waals surface area contributed by atoms with Crippen molar-refractivity contribution in [2.75, 3.05) is 5.75 Å². The number of nitrogens with zero attached hydrogens (tertiary/aromatic N) is 2. The van der Waals surface area contributed by atoms with Gasteiger partial charge in [-0.05, 0) is 25.8 Å². The van der Waals surface area contributed by atoms with Gasteiger partial charge >= 0.3 is 0 Å². The van der Waals surface area contributed by atoms with E-state index in [4.69, 9.17) is 4.42 Å². The molecule has 4 nitrogen and oxygen atoms in total. The Kier molecular flexibility index (Phi) is 4.83. The van der Waals surface area contributed by atoms with Gasteiger partial charge in [0.05, 0.1) is 11.5 Å². The van der Waals surface area contributed by atoms with Crippen LogP contribution in [-0.2, 0) is 0 Å². The molecule has 0 aliphatic carbocycles.